The van der Waals surface area contributed by atoms with Crippen molar-refractivity contribution in [2.24, 2.45) is 0 Å². The fourth-order valence-corrected chi connectivity index (χ4v) is 3.89. The average Bonchev–Trinajstić information content (AvgIpc) is 2.81. The quantitative estimate of drug-likeness (QED) is 0.0935. The van der Waals surface area contributed by atoms with Crippen molar-refractivity contribution in [2.75, 3.05) is 13.2 Å². The molecule has 0 saturated carbocycles. The summed E-state index contributed by atoms with van der Waals surface area (Å²) in [4.78, 5) is 21.2. The zero-order valence-electron chi connectivity index (χ0n) is 21.2. The molecule has 1 aromatic carbocycles. The van der Waals surface area contributed by atoms with Crippen molar-refractivity contribution in [3.8, 4) is 11.5 Å². The van der Waals surface area contributed by atoms with Crippen molar-refractivity contribution in [1.82, 2.24) is 0 Å². The Morgan fingerprint density at radius 3 is 1.15 bits per heavy atom. The van der Waals surface area contributed by atoms with Crippen LogP contribution in [0.4, 0.5) is 11.4 Å². The average molecular weight is 481 g/mol. The van der Waals surface area contributed by atoms with Crippen LogP contribution in [0.25, 0.3) is 0 Å². The molecule has 34 heavy (non-hydrogen) atoms. The van der Waals surface area contributed by atoms with Crippen molar-refractivity contribution in [3.63, 3.8) is 0 Å². The minimum atomic E-state index is -0.746. The number of nitrogens with zero attached hydrogens (tertiary/aromatic N) is 2. The highest BCUT2D eigenvalue weighted by atomic mass is 16.6. The molecule has 0 aliphatic rings. The highest BCUT2D eigenvalue weighted by molar-refractivity contribution is 5.62. The minimum absolute atomic E-state index is 0.208. The van der Waals surface area contributed by atoms with Gasteiger partial charge >= 0.3 is 11.4 Å². The van der Waals surface area contributed by atoms with Gasteiger partial charge in [-0.2, -0.15) is 0 Å². The van der Waals surface area contributed by atoms with Crippen molar-refractivity contribution in [1.29, 1.82) is 0 Å². The summed E-state index contributed by atoms with van der Waals surface area (Å²) in [5, 5.41) is 22.7. The molecule has 0 amide bonds. The van der Waals surface area contributed by atoms with Crippen molar-refractivity contribution in [2.45, 2.75) is 117 Å². The summed E-state index contributed by atoms with van der Waals surface area (Å²) < 4.78 is 11.6. The van der Waals surface area contributed by atoms with E-state index < -0.39 is 21.2 Å². The van der Waals surface area contributed by atoms with Gasteiger partial charge in [0.25, 0.3) is 0 Å². The first kappa shape index (κ1) is 29.7. The lowest BCUT2D eigenvalue weighted by Crippen LogP contribution is -2.05. The summed E-state index contributed by atoms with van der Waals surface area (Å²) in [6, 6.07) is 2.26. The van der Waals surface area contributed by atoms with Gasteiger partial charge in [-0.25, -0.2) is 0 Å². The highest BCUT2D eigenvalue weighted by Crippen LogP contribution is 2.39. The summed E-state index contributed by atoms with van der Waals surface area (Å²) >= 11 is 0. The van der Waals surface area contributed by atoms with Crippen molar-refractivity contribution in [3.05, 3.63) is 32.4 Å². The molecule has 194 valence electrons. The number of benzene rings is 1. The molecule has 0 heterocycles. The molecular formula is C26H44N2O6. The van der Waals surface area contributed by atoms with Crippen LogP contribution in [-0.4, -0.2) is 23.1 Å². The lowest BCUT2D eigenvalue weighted by molar-refractivity contribution is -0.422. The number of unbranched alkanes of at least 4 members (excludes halogenated alkanes) is 14. The van der Waals surface area contributed by atoms with Crippen LogP contribution in [0.2, 0.25) is 0 Å². The third kappa shape index (κ3) is 12.8. The van der Waals surface area contributed by atoms with Crippen molar-refractivity contribution >= 4 is 11.4 Å². The Balaban J connectivity index is 2.57. The molecule has 0 fully saturated rings. The first-order chi connectivity index (χ1) is 16.5. The Hall–Kier alpha value is -2.38. The third-order valence-corrected chi connectivity index (χ3v) is 5.95. The largest absolute Gasteiger partial charge is 0.489 e. The zero-order chi connectivity index (χ0) is 25.0. The first-order valence-corrected chi connectivity index (χ1v) is 13.2. The van der Waals surface area contributed by atoms with Crippen LogP contribution in [0.5, 0.6) is 11.5 Å². The van der Waals surface area contributed by atoms with Crippen LogP contribution in [0.1, 0.15) is 117 Å². The first-order valence-electron chi connectivity index (χ1n) is 13.2. The molecule has 0 bridgehead atoms. The number of nitro groups is 2. The molecule has 8 heteroatoms. The van der Waals surface area contributed by atoms with E-state index in [2.05, 4.69) is 13.8 Å². The van der Waals surface area contributed by atoms with Gasteiger partial charge in [0.05, 0.1) is 35.2 Å². The van der Waals surface area contributed by atoms with Gasteiger partial charge in [0.15, 0.2) is 11.5 Å². The number of nitro benzene ring substituents is 2. The SMILES string of the molecule is CCCCCCCCCCOc1cc([N+](=O)[O-])c([N+](=O)[O-])cc1OCCCCCCCCCC. The third-order valence-electron chi connectivity index (χ3n) is 5.95. The van der Waals surface area contributed by atoms with Crippen molar-refractivity contribution < 1.29 is 19.3 Å². The van der Waals surface area contributed by atoms with E-state index in [0.717, 1.165) is 50.7 Å². The maximum atomic E-state index is 11.3. The second-order valence-electron chi connectivity index (χ2n) is 8.95. The Labute approximate surface area is 204 Å². The van der Waals surface area contributed by atoms with Gasteiger partial charge in [-0.15, -0.1) is 0 Å². The van der Waals surface area contributed by atoms with Gasteiger partial charge in [-0.05, 0) is 12.8 Å². The van der Waals surface area contributed by atoms with Gasteiger partial charge < -0.3 is 9.47 Å². The van der Waals surface area contributed by atoms with E-state index >= 15 is 0 Å². The predicted molar refractivity (Wildman–Crippen MR) is 136 cm³/mol. The monoisotopic (exact) mass is 480 g/mol. The highest BCUT2D eigenvalue weighted by Gasteiger charge is 2.28. The molecule has 0 aliphatic carbocycles. The second kappa shape index (κ2) is 19.0. The molecule has 0 unspecified atom stereocenters. The van der Waals surface area contributed by atoms with Crippen LogP contribution in [0.15, 0.2) is 12.1 Å². The number of hydrogen-bond donors (Lipinski definition) is 0. The maximum absolute atomic E-state index is 11.3. The summed E-state index contributed by atoms with van der Waals surface area (Å²) in [7, 11) is 0. The molecule has 1 aromatic rings. The van der Waals surface area contributed by atoms with E-state index in [4.69, 9.17) is 9.47 Å². The number of ether oxygens (including phenoxy) is 2. The van der Waals surface area contributed by atoms with E-state index in [1.807, 2.05) is 0 Å². The number of hydrogen-bond acceptors (Lipinski definition) is 6. The fourth-order valence-electron chi connectivity index (χ4n) is 3.89. The van der Waals surface area contributed by atoms with Gasteiger partial charge in [-0.1, -0.05) is 104 Å². The number of rotatable bonds is 22. The van der Waals surface area contributed by atoms with E-state index in [-0.39, 0.29) is 11.5 Å². The maximum Gasteiger partial charge on any atom is 0.350 e. The summed E-state index contributed by atoms with van der Waals surface area (Å²) in [6.45, 7) is 5.21. The van der Waals surface area contributed by atoms with Crippen LogP contribution >= 0.6 is 0 Å². The fraction of sp³-hybridized carbons (Fsp3) is 0.769. The predicted octanol–water partition coefficient (Wildman–Crippen LogP) is 8.54. The molecule has 0 saturated heterocycles. The standard InChI is InChI=1S/C26H44N2O6/c1-3-5-7-9-11-13-15-17-19-33-25-21-23(27(29)30)24(28(31)32)22-26(25)34-20-18-16-14-12-10-8-6-4-2/h21-22H,3-20H2,1-2H3. The van der Waals surface area contributed by atoms with E-state index in [9.17, 15) is 20.2 Å². The molecule has 1 rings (SSSR count). The van der Waals surface area contributed by atoms with E-state index in [0.29, 0.717) is 13.2 Å². The van der Waals surface area contributed by atoms with Crippen LogP contribution in [0, 0.1) is 20.2 Å². The molecule has 0 spiro atoms. The molecule has 0 atom stereocenters. The zero-order valence-corrected chi connectivity index (χ0v) is 21.2. The van der Waals surface area contributed by atoms with Gasteiger partial charge in [-0.3, -0.25) is 20.2 Å². The van der Waals surface area contributed by atoms with E-state index in [1.54, 1.807) is 0 Å². The van der Waals surface area contributed by atoms with E-state index in [1.165, 1.54) is 64.2 Å². The minimum Gasteiger partial charge on any atom is -0.489 e. The topological polar surface area (TPSA) is 105 Å². The summed E-state index contributed by atoms with van der Waals surface area (Å²) in [6.07, 6.45) is 18.5. The van der Waals surface area contributed by atoms with Gasteiger partial charge in [0.2, 0.25) is 0 Å². The molecule has 0 aliphatic heterocycles. The Morgan fingerprint density at radius 2 is 0.853 bits per heavy atom. The molecule has 0 radical (unpaired) electrons. The second-order valence-corrected chi connectivity index (χ2v) is 8.95. The van der Waals surface area contributed by atoms with Crippen LogP contribution in [0.3, 0.4) is 0 Å². The molecular weight excluding hydrogens is 436 g/mol. The Kier molecular flexibility index (Phi) is 16.6. The molecule has 0 aromatic heterocycles. The van der Waals surface area contributed by atoms with Crippen LogP contribution < -0.4 is 9.47 Å². The lowest BCUT2D eigenvalue weighted by atomic mass is 10.1. The smallest absolute Gasteiger partial charge is 0.350 e. The van der Waals surface area contributed by atoms with Gasteiger partial charge in [0.1, 0.15) is 0 Å². The normalized spacial score (nSPS) is 10.9. The Morgan fingerprint density at radius 1 is 0.559 bits per heavy atom. The van der Waals surface area contributed by atoms with Gasteiger partial charge in [0, 0.05) is 0 Å². The summed E-state index contributed by atoms with van der Waals surface area (Å²) in [5.41, 5.74) is -1.15. The summed E-state index contributed by atoms with van der Waals surface area (Å²) in [5.74, 6) is 0.416. The Bertz CT molecular complexity index is 652. The lowest BCUT2D eigenvalue weighted by Gasteiger charge is -2.13. The molecule has 8 nitrogen and oxygen atoms in total. The van der Waals surface area contributed by atoms with Crippen LogP contribution in [-0.2, 0) is 0 Å². The molecule has 0 N–H and O–H groups in total.